The number of carbonyl (C=O) groups excluding carboxylic acids is 1. The van der Waals surface area contributed by atoms with Crippen LogP contribution in [0, 0.1) is 17.3 Å². The Morgan fingerprint density at radius 1 is 1.28 bits per heavy atom. The molecule has 1 heterocycles. The predicted octanol–water partition coefficient (Wildman–Crippen LogP) is 2.52. The Morgan fingerprint density at radius 2 is 1.89 bits per heavy atom. The van der Waals surface area contributed by atoms with Gasteiger partial charge in [-0.15, -0.1) is 0 Å². The molecule has 0 aromatic rings. The molecule has 0 spiro atoms. The average molecular weight is 254 g/mol. The van der Waals surface area contributed by atoms with E-state index < -0.39 is 0 Å². The van der Waals surface area contributed by atoms with E-state index in [4.69, 9.17) is 0 Å². The van der Waals surface area contributed by atoms with Crippen LogP contribution in [-0.2, 0) is 4.79 Å². The number of amides is 1. The van der Waals surface area contributed by atoms with Gasteiger partial charge in [-0.25, -0.2) is 0 Å². The van der Waals surface area contributed by atoms with Crippen molar-refractivity contribution < 1.29 is 4.79 Å². The van der Waals surface area contributed by atoms with Crippen LogP contribution >= 0.6 is 0 Å². The fourth-order valence-electron chi connectivity index (χ4n) is 3.03. The van der Waals surface area contributed by atoms with Gasteiger partial charge in [0.25, 0.3) is 0 Å². The van der Waals surface area contributed by atoms with Crippen LogP contribution < -0.4 is 5.32 Å². The molecule has 1 saturated heterocycles. The standard InChI is InChI=1S/C15H30N2O/c1-11(2)9-13(5)17(6)14(18)15(12(3)4)7-8-16-10-15/h11-13,16H,7-10H2,1-6H3. The van der Waals surface area contributed by atoms with Gasteiger partial charge in [-0.3, -0.25) is 4.79 Å². The summed E-state index contributed by atoms with van der Waals surface area (Å²) in [4.78, 5) is 14.8. The van der Waals surface area contributed by atoms with E-state index in [1.165, 1.54) is 0 Å². The summed E-state index contributed by atoms with van der Waals surface area (Å²) in [7, 11) is 1.97. The average Bonchev–Trinajstić information content (AvgIpc) is 2.76. The van der Waals surface area contributed by atoms with Crippen LogP contribution in [0.15, 0.2) is 0 Å². The lowest BCUT2D eigenvalue weighted by Gasteiger charge is -2.38. The van der Waals surface area contributed by atoms with Gasteiger partial charge < -0.3 is 10.2 Å². The molecule has 3 heteroatoms. The van der Waals surface area contributed by atoms with E-state index in [1.807, 2.05) is 11.9 Å². The minimum atomic E-state index is -0.181. The highest BCUT2D eigenvalue weighted by atomic mass is 16.2. The molecule has 1 fully saturated rings. The minimum absolute atomic E-state index is 0.181. The van der Waals surface area contributed by atoms with Crippen LogP contribution in [0.5, 0.6) is 0 Å². The van der Waals surface area contributed by atoms with E-state index in [1.54, 1.807) is 0 Å². The molecule has 0 bridgehead atoms. The smallest absolute Gasteiger partial charge is 0.230 e. The molecule has 2 unspecified atom stereocenters. The molecule has 2 atom stereocenters. The molecular weight excluding hydrogens is 224 g/mol. The number of hydrogen-bond donors (Lipinski definition) is 1. The van der Waals surface area contributed by atoms with Crippen molar-refractivity contribution in [3.63, 3.8) is 0 Å². The van der Waals surface area contributed by atoms with Crippen molar-refractivity contribution in [2.24, 2.45) is 17.3 Å². The van der Waals surface area contributed by atoms with Gasteiger partial charge in [0.2, 0.25) is 5.91 Å². The molecule has 0 radical (unpaired) electrons. The molecule has 0 saturated carbocycles. The maximum absolute atomic E-state index is 12.8. The van der Waals surface area contributed by atoms with Crippen molar-refractivity contribution in [1.29, 1.82) is 0 Å². The highest BCUT2D eigenvalue weighted by molar-refractivity contribution is 5.83. The van der Waals surface area contributed by atoms with E-state index in [-0.39, 0.29) is 5.41 Å². The lowest BCUT2D eigenvalue weighted by Crippen LogP contribution is -2.49. The third-order valence-electron chi connectivity index (χ3n) is 4.51. The van der Waals surface area contributed by atoms with Gasteiger partial charge in [-0.05, 0) is 38.1 Å². The molecule has 1 rings (SSSR count). The largest absolute Gasteiger partial charge is 0.343 e. The van der Waals surface area contributed by atoms with Crippen LogP contribution in [0.2, 0.25) is 0 Å². The predicted molar refractivity (Wildman–Crippen MR) is 76.4 cm³/mol. The van der Waals surface area contributed by atoms with Crippen molar-refractivity contribution in [3.05, 3.63) is 0 Å². The first-order valence-electron chi connectivity index (χ1n) is 7.29. The summed E-state index contributed by atoms with van der Waals surface area (Å²) < 4.78 is 0. The fraction of sp³-hybridized carbons (Fsp3) is 0.933. The molecule has 106 valence electrons. The number of nitrogens with zero attached hydrogens (tertiary/aromatic N) is 1. The quantitative estimate of drug-likeness (QED) is 0.817. The lowest BCUT2D eigenvalue weighted by molar-refractivity contribution is -0.144. The van der Waals surface area contributed by atoms with E-state index in [9.17, 15) is 4.79 Å². The summed E-state index contributed by atoms with van der Waals surface area (Å²) in [5.74, 6) is 1.36. The maximum Gasteiger partial charge on any atom is 0.230 e. The van der Waals surface area contributed by atoms with E-state index in [2.05, 4.69) is 39.9 Å². The molecular formula is C15H30N2O. The fourth-order valence-corrected chi connectivity index (χ4v) is 3.03. The van der Waals surface area contributed by atoms with Crippen LogP contribution in [0.1, 0.15) is 47.5 Å². The van der Waals surface area contributed by atoms with Gasteiger partial charge in [0.15, 0.2) is 0 Å². The Kier molecular flexibility index (Phi) is 5.20. The van der Waals surface area contributed by atoms with Crippen LogP contribution in [0.3, 0.4) is 0 Å². The number of carbonyl (C=O) groups is 1. The Labute approximate surface area is 112 Å². The zero-order valence-electron chi connectivity index (χ0n) is 12.9. The second kappa shape index (κ2) is 6.05. The second-order valence-corrected chi connectivity index (χ2v) is 6.63. The second-order valence-electron chi connectivity index (χ2n) is 6.63. The van der Waals surface area contributed by atoms with Crippen LogP contribution in [0.25, 0.3) is 0 Å². The van der Waals surface area contributed by atoms with Gasteiger partial charge in [0.1, 0.15) is 0 Å². The van der Waals surface area contributed by atoms with Crippen molar-refractivity contribution in [2.75, 3.05) is 20.1 Å². The van der Waals surface area contributed by atoms with Crippen molar-refractivity contribution in [2.45, 2.75) is 53.5 Å². The molecule has 1 aliphatic heterocycles. The van der Waals surface area contributed by atoms with Crippen LogP contribution in [0.4, 0.5) is 0 Å². The summed E-state index contributed by atoms with van der Waals surface area (Å²) in [5.41, 5.74) is -0.181. The Hall–Kier alpha value is -0.570. The SMILES string of the molecule is CC(C)CC(C)N(C)C(=O)C1(C(C)C)CCNC1. The molecule has 0 aromatic heterocycles. The molecule has 1 N–H and O–H groups in total. The summed E-state index contributed by atoms with van der Waals surface area (Å²) in [5, 5.41) is 3.36. The Morgan fingerprint density at radius 3 is 2.28 bits per heavy atom. The number of nitrogens with one attached hydrogen (secondary N) is 1. The van der Waals surface area contributed by atoms with Crippen molar-refractivity contribution in [3.8, 4) is 0 Å². The van der Waals surface area contributed by atoms with Gasteiger partial charge >= 0.3 is 0 Å². The first kappa shape index (κ1) is 15.5. The third-order valence-corrected chi connectivity index (χ3v) is 4.51. The third kappa shape index (κ3) is 3.05. The zero-order chi connectivity index (χ0) is 13.9. The summed E-state index contributed by atoms with van der Waals surface area (Å²) in [6.07, 6.45) is 2.05. The van der Waals surface area contributed by atoms with Gasteiger partial charge in [0, 0.05) is 19.6 Å². The summed E-state index contributed by atoms with van der Waals surface area (Å²) >= 11 is 0. The summed E-state index contributed by atoms with van der Waals surface area (Å²) in [6, 6.07) is 0.328. The number of hydrogen-bond acceptors (Lipinski definition) is 2. The lowest BCUT2D eigenvalue weighted by atomic mass is 9.75. The Bertz CT molecular complexity index is 280. The molecule has 18 heavy (non-hydrogen) atoms. The van der Waals surface area contributed by atoms with Gasteiger partial charge in [-0.2, -0.15) is 0 Å². The van der Waals surface area contributed by atoms with Crippen LogP contribution in [-0.4, -0.2) is 37.0 Å². The molecule has 0 aliphatic carbocycles. The van der Waals surface area contributed by atoms with Gasteiger partial charge in [0.05, 0.1) is 5.41 Å². The molecule has 1 aliphatic rings. The first-order chi connectivity index (χ1) is 8.31. The topological polar surface area (TPSA) is 32.3 Å². The molecule has 0 aromatic carbocycles. The van der Waals surface area contributed by atoms with Crippen molar-refractivity contribution in [1.82, 2.24) is 10.2 Å². The van der Waals surface area contributed by atoms with E-state index in [0.717, 1.165) is 25.9 Å². The first-order valence-corrected chi connectivity index (χ1v) is 7.29. The van der Waals surface area contributed by atoms with E-state index >= 15 is 0 Å². The monoisotopic (exact) mass is 254 g/mol. The number of rotatable bonds is 5. The van der Waals surface area contributed by atoms with Crippen molar-refractivity contribution >= 4 is 5.91 Å². The molecule has 1 amide bonds. The Balaban J connectivity index is 2.77. The zero-order valence-corrected chi connectivity index (χ0v) is 12.9. The minimum Gasteiger partial charge on any atom is -0.343 e. The highest BCUT2D eigenvalue weighted by Gasteiger charge is 2.45. The summed E-state index contributed by atoms with van der Waals surface area (Å²) in [6.45, 7) is 12.7. The van der Waals surface area contributed by atoms with Gasteiger partial charge in [-0.1, -0.05) is 27.7 Å². The normalized spacial score (nSPS) is 25.8. The van der Waals surface area contributed by atoms with E-state index in [0.29, 0.717) is 23.8 Å². The molecule has 3 nitrogen and oxygen atoms in total. The maximum atomic E-state index is 12.8. The highest BCUT2D eigenvalue weighted by Crippen LogP contribution is 2.36.